The van der Waals surface area contributed by atoms with Crippen LogP contribution in [0.2, 0.25) is 0 Å². The summed E-state index contributed by atoms with van der Waals surface area (Å²) in [4.78, 5) is 27.0. The SMILES string of the molecule is CC(C)c1cc(C2CCCN2C(=O)c2ccc(NC(=O)C3CCC3)cc2)no1. The van der Waals surface area contributed by atoms with Gasteiger partial charge in [0.2, 0.25) is 5.91 Å². The number of nitrogens with one attached hydrogen (secondary N) is 1. The zero-order valence-electron chi connectivity index (χ0n) is 16.5. The first-order chi connectivity index (χ1) is 13.5. The second-order valence-electron chi connectivity index (χ2n) is 8.16. The Morgan fingerprint density at radius 2 is 1.89 bits per heavy atom. The third-order valence-corrected chi connectivity index (χ3v) is 5.85. The number of likely N-dealkylation sites (tertiary alicyclic amines) is 1. The number of hydrogen-bond acceptors (Lipinski definition) is 4. The van der Waals surface area contributed by atoms with Gasteiger partial charge in [0.15, 0.2) is 0 Å². The molecule has 1 aromatic carbocycles. The first-order valence-electron chi connectivity index (χ1n) is 10.2. The monoisotopic (exact) mass is 381 g/mol. The summed E-state index contributed by atoms with van der Waals surface area (Å²) in [6.07, 6.45) is 4.92. The molecule has 6 nitrogen and oxygen atoms in total. The molecule has 148 valence electrons. The maximum Gasteiger partial charge on any atom is 0.254 e. The van der Waals surface area contributed by atoms with Crippen molar-refractivity contribution in [3.05, 3.63) is 47.3 Å². The second-order valence-corrected chi connectivity index (χ2v) is 8.16. The summed E-state index contributed by atoms with van der Waals surface area (Å²) in [6, 6.07) is 9.12. The maximum absolute atomic E-state index is 13.0. The zero-order valence-corrected chi connectivity index (χ0v) is 16.5. The summed E-state index contributed by atoms with van der Waals surface area (Å²) in [5.41, 5.74) is 2.20. The molecule has 1 aromatic heterocycles. The molecule has 1 atom stereocenters. The molecule has 2 aromatic rings. The lowest BCUT2D eigenvalue weighted by Gasteiger charge is -2.24. The number of hydrogen-bond donors (Lipinski definition) is 1. The Morgan fingerprint density at radius 1 is 1.14 bits per heavy atom. The van der Waals surface area contributed by atoms with E-state index in [2.05, 4.69) is 24.3 Å². The number of rotatable bonds is 5. The van der Waals surface area contributed by atoms with Crippen LogP contribution in [0.3, 0.4) is 0 Å². The first kappa shape index (κ1) is 18.7. The van der Waals surface area contributed by atoms with Crippen molar-refractivity contribution in [2.75, 3.05) is 11.9 Å². The summed E-state index contributed by atoms with van der Waals surface area (Å²) in [5, 5.41) is 7.15. The Labute approximate surface area is 165 Å². The van der Waals surface area contributed by atoms with Crippen LogP contribution < -0.4 is 5.32 Å². The molecule has 6 heteroatoms. The molecule has 0 spiro atoms. The smallest absolute Gasteiger partial charge is 0.254 e. The molecule has 0 bridgehead atoms. The standard InChI is InChI=1S/C22H27N3O3/c1-14(2)20-13-18(24-28-20)19-7-4-12-25(19)22(27)16-8-10-17(11-9-16)23-21(26)15-5-3-6-15/h8-11,13-15,19H,3-7,12H2,1-2H3,(H,23,26). The van der Waals surface area contributed by atoms with E-state index in [-0.39, 0.29) is 29.7 Å². The second kappa shape index (κ2) is 7.78. The number of aromatic nitrogens is 1. The van der Waals surface area contributed by atoms with Gasteiger partial charge in [0.1, 0.15) is 11.5 Å². The minimum atomic E-state index is -0.0401. The lowest BCUT2D eigenvalue weighted by atomic mass is 9.85. The predicted molar refractivity (Wildman–Crippen MR) is 106 cm³/mol. The van der Waals surface area contributed by atoms with Crippen LogP contribution in [0.15, 0.2) is 34.9 Å². The van der Waals surface area contributed by atoms with Crippen LogP contribution in [0.4, 0.5) is 5.69 Å². The predicted octanol–water partition coefficient (Wildman–Crippen LogP) is 4.51. The van der Waals surface area contributed by atoms with Gasteiger partial charge in [0, 0.05) is 35.7 Å². The molecule has 2 fully saturated rings. The molecule has 1 saturated heterocycles. The molecular formula is C22H27N3O3. The topological polar surface area (TPSA) is 75.4 Å². The molecule has 1 aliphatic heterocycles. The Balaban J connectivity index is 1.44. The van der Waals surface area contributed by atoms with Gasteiger partial charge in [0.25, 0.3) is 5.91 Å². The molecule has 1 N–H and O–H groups in total. The van der Waals surface area contributed by atoms with Gasteiger partial charge in [-0.05, 0) is 49.9 Å². The highest BCUT2D eigenvalue weighted by Gasteiger charge is 2.33. The average molecular weight is 381 g/mol. The first-order valence-corrected chi connectivity index (χ1v) is 10.2. The van der Waals surface area contributed by atoms with E-state index in [9.17, 15) is 9.59 Å². The molecule has 1 saturated carbocycles. The fourth-order valence-electron chi connectivity index (χ4n) is 3.83. The molecule has 2 aliphatic rings. The minimum Gasteiger partial charge on any atom is -0.361 e. The van der Waals surface area contributed by atoms with Crippen LogP contribution >= 0.6 is 0 Å². The van der Waals surface area contributed by atoms with Gasteiger partial charge in [-0.2, -0.15) is 0 Å². The fourth-order valence-corrected chi connectivity index (χ4v) is 3.83. The van der Waals surface area contributed by atoms with Crippen LogP contribution in [0.1, 0.15) is 79.7 Å². The van der Waals surface area contributed by atoms with Crippen molar-refractivity contribution in [2.45, 2.75) is 57.9 Å². The van der Waals surface area contributed by atoms with Gasteiger partial charge in [0.05, 0.1) is 6.04 Å². The zero-order chi connectivity index (χ0) is 19.7. The normalized spacial score (nSPS) is 19.7. The van der Waals surface area contributed by atoms with E-state index in [0.29, 0.717) is 12.1 Å². The summed E-state index contributed by atoms with van der Waals surface area (Å²) < 4.78 is 5.43. The number of carbonyl (C=O) groups is 2. The molecule has 1 unspecified atom stereocenters. The maximum atomic E-state index is 13.0. The summed E-state index contributed by atoms with van der Waals surface area (Å²) in [5.74, 6) is 1.34. The molecule has 2 amide bonds. The van der Waals surface area contributed by atoms with Crippen molar-refractivity contribution in [3.8, 4) is 0 Å². The number of nitrogens with zero attached hydrogens (tertiary/aromatic N) is 2. The number of anilines is 1. The van der Waals surface area contributed by atoms with Gasteiger partial charge in [-0.3, -0.25) is 9.59 Å². The molecule has 0 radical (unpaired) electrons. The lowest BCUT2D eigenvalue weighted by Crippen LogP contribution is -2.30. The van der Waals surface area contributed by atoms with E-state index in [0.717, 1.165) is 49.2 Å². The molecule has 2 heterocycles. The summed E-state index contributed by atoms with van der Waals surface area (Å²) in [7, 11) is 0. The van der Waals surface area contributed by atoms with Crippen molar-refractivity contribution in [3.63, 3.8) is 0 Å². The van der Waals surface area contributed by atoms with E-state index in [1.54, 1.807) is 12.1 Å². The minimum absolute atomic E-state index is 0.00605. The number of carbonyl (C=O) groups excluding carboxylic acids is 2. The lowest BCUT2D eigenvalue weighted by molar-refractivity contribution is -0.122. The molecular weight excluding hydrogens is 354 g/mol. The van der Waals surface area contributed by atoms with Crippen LogP contribution in [0.5, 0.6) is 0 Å². The Bertz CT molecular complexity index is 852. The fraction of sp³-hybridized carbons (Fsp3) is 0.500. The molecule has 28 heavy (non-hydrogen) atoms. The third-order valence-electron chi connectivity index (χ3n) is 5.85. The van der Waals surface area contributed by atoms with Crippen molar-refractivity contribution in [1.82, 2.24) is 10.1 Å². The Hall–Kier alpha value is -2.63. The van der Waals surface area contributed by atoms with Gasteiger partial charge in [-0.1, -0.05) is 25.4 Å². The van der Waals surface area contributed by atoms with E-state index >= 15 is 0 Å². The number of benzene rings is 1. The van der Waals surface area contributed by atoms with Gasteiger partial charge in [-0.25, -0.2) is 0 Å². The van der Waals surface area contributed by atoms with Crippen molar-refractivity contribution in [1.29, 1.82) is 0 Å². The highest BCUT2D eigenvalue weighted by atomic mass is 16.5. The van der Waals surface area contributed by atoms with Crippen molar-refractivity contribution in [2.24, 2.45) is 5.92 Å². The Morgan fingerprint density at radius 3 is 2.50 bits per heavy atom. The van der Waals surface area contributed by atoms with E-state index in [4.69, 9.17) is 4.52 Å². The highest BCUT2D eigenvalue weighted by Crippen LogP contribution is 2.34. The van der Waals surface area contributed by atoms with Crippen LogP contribution in [0, 0.1) is 5.92 Å². The van der Waals surface area contributed by atoms with Gasteiger partial charge >= 0.3 is 0 Å². The van der Waals surface area contributed by atoms with Crippen molar-refractivity contribution < 1.29 is 14.1 Å². The highest BCUT2D eigenvalue weighted by molar-refractivity contribution is 5.96. The largest absolute Gasteiger partial charge is 0.361 e. The van der Waals surface area contributed by atoms with Gasteiger partial charge in [-0.15, -0.1) is 0 Å². The Kier molecular flexibility index (Phi) is 5.20. The van der Waals surface area contributed by atoms with Gasteiger partial charge < -0.3 is 14.7 Å². The van der Waals surface area contributed by atoms with Crippen LogP contribution in [-0.4, -0.2) is 28.4 Å². The average Bonchev–Trinajstić information content (AvgIpc) is 3.29. The summed E-state index contributed by atoms with van der Waals surface area (Å²) in [6.45, 7) is 4.84. The van der Waals surface area contributed by atoms with E-state index in [1.807, 2.05) is 23.1 Å². The van der Waals surface area contributed by atoms with E-state index < -0.39 is 0 Å². The van der Waals surface area contributed by atoms with E-state index in [1.165, 1.54) is 0 Å². The van der Waals surface area contributed by atoms with Crippen LogP contribution in [-0.2, 0) is 4.79 Å². The molecule has 4 rings (SSSR count). The quantitative estimate of drug-likeness (QED) is 0.826. The van der Waals surface area contributed by atoms with Crippen molar-refractivity contribution >= 4 is 17.5 Å². The summed E-state index contributed by atoms with van der Waals surface area (Å²) >= 11 is 0. The molecule has 1 aliphatic carbocycles. The number of amides is 2. The van der Waals surface area contributed by atoms with Crippen LogP contribution in [0.25, 0.3) is 0 Å². The third kappa shape index (κ3) is 3.68.